The molecule has 1 aromatic carbocycles. The Labute approximate surface area is 122 Å². The molecule has 116 valence electrons. The summed E-state index contributed by atoms with van der Waals surface area (Å²) in [5, 5.41) is 7.30. The molecule has 0 spiro atoms. The van der Waals surface area contributed by atoms with E-state index in [0.717, 1.165) is 38.4 Å². The molecule has 3 nitrogen and oxygen atoms in total. The van der Waals surface area contributed by atoms with Crippen LogP contribution in [-0.4, -0.2) is 18.9 Å². The van der Waals surface area contributed by atoms with Crippen LogP contribution in [0.4, 0.5) is 18.9 Å². The van der Waals surface area contributed by atoms with Crippen molar-refractivity contribution in [3.8, 4) is 0 Å². The van der Waals surface area contributed by atoms with E-state index in [2.05, 4.69) is 0 Å². The van der Waals surface area contributed by atoms with Gasteiger partial charge in [-0.3, -0.25) is 5.41 Å². The summed E-state index contributed by atoms with van der Waals surface area (Å²) in [6.45, 7) is 3.53. The lowest BCUT2D eigenvalue weighted by molar-refractivity contribution is -0.137. The number of benzene rings is 1. The number of nitrogens with two attached hydrogens (primary N) is 1. The Morgan fingerprint density at radius 2 is 2.05 bits per heavy atom. The van der Waals surface area contributed by atoms with Gasteiger partial charge in [-0.2, -0.15) is 13.2 Å². The molecular weight excluding hydrogens is 279 g/mol. The van der Waals surface area contributed by atoms with Crippen LogP contribution < -0.4 is 10.6 Å². The lowest BCUT2D eigenvalue weighted by Gasteiger charge is -2.26. The van der Waals surface area contributed by atoms with Crippen molar-refractivity contribution in [2.24, 2.45) is 11.7 Å². The van der Waals surface area contributed by atoms with Gasteiger partial charge in [-0.25, -0.2) is 0 Å². The summed E-state index contributed by atoms with van der Waals surface area (Å²) in [6, 6.07) is 4.05. The highest BCUT2D eigenvalue weighted by molar-refractivity contribution is 5.97. The van der Waals surface area contributed by atoms with Crippen molar-refractivity contribution in [1.82, 2.24) is 0 Å². The predicted octanol–water partition coefficient (Wildman–Crippen LogP) is 3.62. The van der Waals surface area contributed by atoms with E-state index in [1.54, 1.807) is 6.07 Å². The number of nitrogen functional groups attached to an aromatic ring is 1. The molecule has 0 bridgehead atoms. The van der Waals surface area contributed by atoms with E-state index >= 15 is 0 Å². The van der Waals surface area contributed by atoms with Crippen LogP contribution in [0, 0.1) is 11.3 Å². The first-order valence-corrected chi connectivity index (χ1v) is 7.13. The molecule has 0 saturated heterocycles. The molecule has 1 aromatic rings. The van der Waals surface area contributed by atoms with Crippen LogP contribution in [0.3, 0.4) is 0 Å². The normalized spacial score (nSPS) is 15.0. The lowest BCUT2D eigenvalue weighted by atomic mass is 10.0. The summed E-state index contributed by atoms with van der Waals surface area (Å²) in [5.41, 5.74) is 4.73. The van der Waals surface area contributed by atoms with Gasteiger partial charge in [-0.15, -0.1) is 0 Å². The molecule has 3 N–H and O–H groups in total. The molecule has 1 aliphatic rings. The van der Waals surface area contributed by atoms with Crippen LogP contribution in [0.5, 0.6) is 0 Å². The standard InChI is InChI=1S/C15H20F3N3/c1-2-7-21(9-10-3-4-10)11-5-6-12(14(19)20)13(8-11)15(16,17)18/h5-6,8,10H,2-4,7,9H2,1H3,(H3,19,20). The minimum Gasteiger partial charge on any atom is -0.384 e. The smallest absolute Gasteiger partial charge is 0.384 e. The summed E-state index contributed by atoms with van der Waals surface area (Å²) >= 11 is 0. The van der Waals surface area contributed by atoms with Crippen molar-refractivity contribution in [2.45, 2.75) is 32.4 Å². The third-order valence-electron chi connectivity index (χ3n) is 3.63. The van der Waals surface area contributed by atoms with Crippen LogP contribution in [0.25, 0.3) is 0 Å². The molecule has 0 unspecified atom stereocenters. The Morgan fingerprint density at radius 1 is 1.38 bits per heavy atom. The minimum atomic E-state index is -4.51. The summed E-state index contributed by atoms with van der Waals surface area (Å²) in [4.78, 5) is 2.00. The van der Waals surface area contributed by atoms with Gasteiger partial charge in [0.2, 0.25) is 0 Å². The predicted molar refractivity (Wildman–Crippen MR) is 77.7 cm³/mol. The van der Waals surface area contributed by atoms with Gasteiger partial charge >= 0.3 is 6.18 Å². The number of anilines is 1. The molecule has 1 aliphatic carbocycles. The van der Waals surface area contributed by atoms with Gasteiger partial charge in [0.1, 0.15) is 5.84 Å². The number of hydrogen-bond donors (Lipinski definition) is 2. The molecule has 1 saturated carbocycles. The molecule has 0 aliphatic heterocycles. The molecule has 1 fully saturated rings. The number of nitrogens with one attached hydrogen (secondary N) is 1. The highest BCUT2D eigenvalue weighted by Crippen LogP contribution is 2.36. The van der Waals surface area contributed by atoms with Crippen molar-refractivity contribution in [3.05, 3.63) is 29.3 Å². The molecule has 6 heteroatoms. The van der Waals surface area contributed by atoms with E-state index in [0.29, 0.717) is 11.6 Å². The van der Waals surface area contributed by atoms with Gasteiger partial charge in [-0.1, -0.05) is 6.92 Å². The average Bonchev–Trinajstić information content (AvgIpc) is 3.20. The Balaban J connectivity index is 2.36. The SMILES string of the molecule is CCCN(CC1CC1)c1ccc(C(=N)N)c(C(F)(F)F)c1. The summed E-state index contributed by atoms with van der Waals surface area (Å²) in [7, 11) is 0. The van der Waals surface area contributed by atoms with Crippen molar-refractivity contribution < 1.29 is 13.2 Å². The first kappa shape index (κ1) is 15.7. The highest BCUT2D eigenvalue weighted by Gasteiger charge is 2.35. The average molecular weight is 299 g/mol. The third-order valence-corrected chi connectivity index (χ3v) is 3.63. The second kappa shape index (κ2) is 5.95. The first-order valence-electron chi connectivity index (χ1n) is 7.13. The number of amidine groups is 1. The highest BCUT2D eigenvalue weighted by atomic mass is 19.4. The quantitative estimate of drug-likeness (QED) is 0.622. The Hall–Kier alpha value is -1.72. The number of hydrogen-bond acceptors (Lipinski definition) is 2. The van der Waals surface area contributed by atoms with Gasteiger partial charge in [0.25, 0.3) is 0 Å². The Morgan fingerprint density at radius 3 is 2.52 bits per heavy atom. The van der Waals surface area contributed by atoms with E-state index in [-0.39, 0.29) is 5.56 Å². The maximum absolute atomic E-state index is 13.1. The van der Waals surface area contributed by atoms with E-state index in [4.69, 9.17) is 11.1 Å². The van der Waals surface area contributed by atoms with Crippen molar-refractivity contribution >= 4 is 11.5 Å². The topological polar surface area (TPSA) is 53.1 Å². The van der Waals surface area contributed by atoms with Crippen LogP contribution >= 0.6 is 0 Å². The molecule has 0 atom stereocenters. The molecule has 0 amide bonds. The maximum atomic E-state index is 13.1. The molecule has 2 rings (SSSR count). The number of halogens is 3. The summed E-state index contributed by atoms with van der Waals surface area (Å²) < 4.78 is 39.4. The summed E-state index contributed by atoms with van der Waals surface area (Å²) in [5.74, 6) is 0.0384. The lowest BCUT2D eigenvalue weighted by Crippen LogP contribution is -2.27. The number of alkyl halides is 3. The zero-order valence-corrected chi connectivity index (χ0v) is 12.0. The Bertz CT molecular complexity index is 521. The zero-order valence-electron chi connectivity index (χ0n) is 12.0. The molecule has 0 heterocycles. The fraction of sp³-hybridized carbons (Fsp3) is 0.533. The number of nitrogens with zero attached hydrogens (tertiary/aromatic N) is 1. The maximum Gasteiger partial charge on any atom is 0.417 e. The second-order valence-corrected chi connectivity index (χ2v) is 5.53. The van der Waals surface area contributed by atoms with Crippen molar-refractivity contribution in [2.75, 3.05) is 18.0 Å². The molecule has 0 aromatic heterocycles. The van der Waals surface area contributed by atoms with E-state index in [1.165, 1.54) is 6.07 Å². The van der Waals surface area contributed by atoms with Gasteiger partial charge < -0.3 is 10.6 Å². The third kappa shape index (κ3) is 3.89. The van der Waals surface area contributed by atoms with Crippen molar-refractivity contribution in [3.63, 3.8) is 0 Å². The zero-order chi connectivity index (χ0) is 15.6. The second-order valence-electron chi connectivity index (χ2n) is 5.53. The Kier molecular flexibility index (Phi) is 4.44. The van der Waals surface area contributed by atoms with E-state index < -0.39 is 17.6 Å². The van der Waals surface area contributed by atoms with Crippen molar-refractivity contribution in [1.29, 1.82) is 5.41 Å². The number of rotatable bonds is 6. The summed E-state index contributed by atoms with van der Waals surface area (Å²) in [6.07, 6.45) is -1.33. The van der Waals surface area contributed by atoms with E-state index in [1.807, 2.05) is 11.8 Å². The monoisotopic (exact) mass is 299 g/mol. The van der Waals surface area contributed by atoms with Crippen LogP contribution in [0.2, 0.25) is 0 Å². The van der Waals surface area contributed by atoms with Gasteiger partial charge in [0.15, 0.2) is 0 Å². The minimum absolute atomic E-state index is 0.255. The largest absolute Gasteiger partial charge is 0.417 e. The van der Waals surface area contributed by atoms with Gasteiger partial charge in [0, 0.05) is 24.3 Å². The fourth-order valence-corrected chi connectivity index (χ4v) is 2.41. The first-order chi connectivity index (χ1) is 9.82. The molecule has 21 heavy (non-hydrogen) atoms. The molecular formula is C15H20F3N3. The van der Waals surface area contributed by atoms with Gasteiger partial charge in [-0.05, 0) is 43.4 Å². The van der Waals surface area contributed by atoms with Crippen LogP contribution in [0.1, 0.15) is 37.3 Å². The van der Waals surface area contributed by atoms with Crippen LogP contribution in [0.15, 0.2) is 18.2 Å². The van der Waals surface area contributed by atoms with E-state index in [9.17, 15) is 13.2 Å². The fourth-order valence-electron chi connectivity index (χ4n) is 2.41. The molecule has 0 radical (unpaired) electrons. The van der Waals surface area contributed by atoms with Crippen LogP contribution in [-0.2, 0) is 6.18 Å². The van der Waals surface area contributed by atoms with Gasteiger partial charge in [0.05, 0.1) is 5.56 Å².